The van der Waals surface area contributed by atoms with E-state index in [1.165, 1.54) is 0 Å². The van der Waals surface area contributed by atoms with Crippen LogP contribution in [0.15, 0.2) is 64.0 Å². The fourth-order valence-corrected chi connectivity index (χ4v) is 5.62. The fourth-order valence-electron chi connectivity index (χ4n) is 3.74. The maximum Gasteiger partial charge on any atom is 0.293 e. The van der Waals surface area contributed by atoms with Gasteiger partial charge in [-0.3, -0.25) is 19.3 Å². The van der Waals surface area contributed by atoms with Crippen molar-refractivity contribution in [3.05, 3.63) is 90.7 Å². The molecule has 0 aliphatic carbocycles. The van der Waals surface area contributed by atoms with E-state index in [4.69, 9.17) is 32.7 Å². The Morgan fingerprint density at radius 2 is 1.90 bits per heavy atom. The number of thioether (sulfide) groups is 1. The highest BCUT2D eigenvalue weighted by Gasteiger charge is 2.35. The summed E-state index contributed by atoms with van der Waals surface area (Å²) in [4.78, 5) is 39.5. The standard InChI is InChI=1S/C28H23BrCl2N2O5S/c1-3-37-23-11-17(10-21(29)26(23)38-15-25(34)32-20-6-4-5-16(2)9-20)12-24-27(35)33(28(36)39-24)14-18-7-8-19(30)13-22(18)31/h4-13H,3,14-15H2,1-2H3,(H,32,34)/b24-12-. The van der Waals surface area contributed by atoms with Crippen molar-refractivity contribution in [1.82, 2.24) is 4.90 Å². The number of carbonyl (C=O) groups excluding carboxylic acids is 3. The van der Waals surface area contributed by atoms with Gasteiger partial charge < -0.3 is 14.8 Å². The lowest BCUT2D eigenvalue weighted by atomic mass is 10.1. The van der Waals surface area contributed by atoms with Crippen molar-refractivity contribution in [3.63, 3.8) is 0 Å². The summed E-state index contributed by atoms with van der Waals surface area (Å²) >= 11 is 16.5. The number of carbonyl (C=O) groups is 3. The first-order valence-corrected chi connectivity index (χ1v) is 14.2. The molecule has 39 heavy (non-hydrogen) atoms. The van der Waals surface area contributed by atoms with Gasteiger partial charge in [0.25, 0.3) is 17.1 Å². The fraction of sp³-hybridized carbons (Fsp3) is 0.179. The Kier molecular flexibility index (Phi) is 9.61. The van der Waals surface area contributed by atoms with E-state index in [0.717, 1.165) is 22.2 Å². The minimum atomic E-state index is -0.432. The van der Waals surface area contributed by atoms with Crippen molar-refractivity contribution in [2.75, 3.05) is 18.5 Å². The maximum atomic E-state index is 13.0. The van der Waals surface area contributed by atoms with E-state index in [1.54, 1.807) is 42.5 Å². The highest BCUT2D eigenvalue weighted by Crippen LogP contribution is 2.40. The van der Waals surface area contributed by atoms with Crippen LogP contribution in [0, 0.1) is 6.92 Å². The first-order chi connectivity index (χ1) is 18.6. The third kappa shape index (κ3) is 7.36. The van der Waals surface area contributed by atoms with Gasteiger partial charge in [0.2, 0.25) is 0 Å². The van der Waals surface area contributed by atoms with Crippen molar-refractivity contribution in [2.24, 2.45) is 0 Å². The Balaban J connectivity index is 1.50. The molecular formula is C28H23BrCl2N2O5S. The van der Waals surface area contributed by atoms with Gasteiger partial charge >= 0.3 is 0 Å². The van der Waals surface area contributed by atoms with Crippen molar-refractivity contribution < 1.29 is 23.9 Å². The van der Waals surface area contributed by atoms with E-state index in [2.05, 4.69) is 21.2 Å². The molecule has 0 bridgehead atoms. The molecule has 3 aromatic rings. The van der Waals surface area contributed by atoms with Gasteiger partial charge in [0, 0.05) is 15.7 Å². The molecule has 0 saturated carbocycles. The molecule has 202 valence electrons. The number of nitrogens with zero attached hydrogens (tertiary/aromatic N) is 1. The van der Waals surface area contributed by atoms with Crippen molar-refractivity contribution in [2.45, 2.75) is 20.4 Å². The summed E-state index contributed by atoms with van der Waals surface area (Å²) in [6, 6.07) is 15.8. The summed E-state index contributed by atoms with van der Waals surface area (Å²) in [7, 11) is 0. The molecule has 11 heteroatoms. The molecule has 1 saturated heterocycles. The first kappa shape index (κ1) is 29.0. The minimum Gasteiger partial charge on any atom is -0.490 e. The highest BCUT2D eigenvalue weighted by molar-refractivity contribution is 9.10. The molecule has 1 aliphatic rings. The second kappa shape index (κ2) is 12.9. The van der Waals surface area contributed by atoms with E-state index in [9.17, 15) is 14.4 Å². The maximum absolute atomic E-state index is 13.0. The van der Waals surface area contributed by atoms with Crippen LogP contribution in [0.25, 0.3) is 6.08 Å². The Morgan fingerprint density at radius 1 is 1.10 bits per heavy atom. The smallest absolute Gasteiger partial charge is 0.293 e. The van der Waals surface area contributed by atoms with E-state index in [0.29, 0.717) is 49.4 Å². The van der Waals surface area contributed by atoms with E-state index in [-0.39, 0.29) is 24.0 Å². The monoisotopic (exact) mass is 648 g/mol. The van der Waals surface area contributed by atoms with Gasteiger partial charge in [-0.25, -0.2) is 0 Å². The summed E-state index contributed by atoms with van der Waals surface area (Å²) in [5.74, 6) is -0.0285. The van der Waals surface area contributed by atoms with Gasteiger partial charge in [-0.05, 0) is 101 Å². The highest BCUT2D eigenvalue weighted by atomic mass is 79.9. The summed E-state index contributed by atoms with van der Waals surface area (Å²) in [5.41, 5.74) is 2.92. The van der Waals surface area contributed by atoms with Gasteiger partial charge in [0.05, 0.1) is 22.5 Å². The van der Waals surface area contributed by atoms with Gasteiger partial charge in [-0.2, -0.15) is 0 Å². The molecule has 3 amide bonds. The Morgan fingerprint density at radius 3 is 2.62 bits per heavy atom. The molecule has 1 N–H and O–H groups in total. The number of ether oxygens (including phenoxy) is 2. The van der Waals surface area contributed by atoms with Crippen LogP contribution in [0.4, 0.5) is 10.5 Å². The van der Waals surface area contributed by atoms with Crippen LogP contribution in [-0.2, 0) is 16.1 Å². The molecule has 1 fully saturated rings. The SMILES string of the molecule is CCOc1cc(/C=C2\SC(=O)N(Cc3ccc(Cl)cc3Cl)C2=O)cc(Br)c1OCC(=O)Nc1cccc(C)c1. The van der Waals surface area contributed by atoms with Crippen LogP contribution in [0.3, 0.4) is 0 Å². The van der Waals surface area contributed by atoms with Crippen LogP contribution in [0.1, 0.15) is 23.6 Å². The second-order valence-corrected chi connectivity index (χ2v) is 11.2. The molecule has 0 aromatic heterocycles. The van der Waals surface area contributed by atoms with Crippen LogP contribution >= 0.6 is 50.9 Å². The molecule has 7 nitrogen and oxygen atoms in total. The molecular weight excluding hydrogens is 627 g/mol. The lowest BCUT2D eigenvalue weighted by Gasteiger charge is -2.15. The summed E-state index contributed by atoms with van der Waals surface area (Å²) in [6.45, 7) is 3.90. The molecule has 0 radical (unpaired) electrons. The normalized spacial score (nSPS) is 14.2. The largest absolute Gasteiger partial charge is 0.490 e. The van der Waals surface area contributed by atoms with Crippen LogP contribution in [-0.4, -0.2) is 35.2 Å². The van der Waals surface area contributed by atoms with Crippen molar-refractivity contribution in [1.29, 1.82) is 0 Å². The minimum absolute atomic E-state index is 0.0310. The third-order valence-electron chi connectivity index (χ3n) is 5.50. The predicted molar refractivity (Wildman–Crippen MR) is 159 cm³/mol. The predicted octanol–water partition coefficient (Wildman–Crippen LogP) is 7.72. The summed E-state index contributed by atoms with van der Waals surface area (Å²) in [6.07, 6.45) is 1.61. The average molecular weight is 650 g/mol. The number of amides is 3. The molecule has 4 rings (SSSR count). The number of hydrogen-bond donors (Lipinski definition) is 1. The number of anilines is 1. The number of halogens is 3. The Labute approximate surface area is 248 Å². The number of hydrogen-bond acceptors (Lipinski definition) is 6. The van der Waals surface area contributed by atoms with Gasteiger partial charge in [-0.1, -0.05) is 41.4 Å². The van der Waals surface area contributed by atoms with Crippen molar-refractivity contribution in [3.8, 4) is 11.5 Å². The third-order valence-corrected chi connectivity index (χ3v) is 7.58. The lowest BCUT2D eigenvalue weighted by molar-refractivity contribution is -0.123. The second-order valence-electron chi connectivity index (χ2n) is 8.47. The molecule has 1 heterocycles. The molecule has 0 unspecified atom stereocenters. The van der Waals surface area contributed by atoms with Crippen molar-refractivity contribution >= 4 is 79.7 Å². The van der Waals surface area contributed by atoms with Crippen LogP contribution in [0.2, 0.25) is 10.0 Å². The lowest BCUT2D eigenvalue weighted by Crippen LogP contribution is -2.27. The number of nitrogens with one attached hydrogen (secondary N) is 1. The van der Waals surface area contributed by atoms with E-state index >= 15 is 0 Å². The molecule has 1 aliphatic heterocycles. The van der Waals surface area contributed by atoms with Gasteiger partial charge in [-0.15, -0.1) is 0 Å². The zero-order valence-corrected chi connectivity index (χ0v) is 24.8. The molecule has 0 spiro atoms. The summed E-state index contributed by atoms with van der Waals surface area (Å²) < 4.78 is 12.1. The van der Waals surface area contributed by atoms with Gasteiger partial charge in [0.1, 0.15) is 0 Å². The number of aryl methyl sites for hydroxylation is 1. The quantitative estimate of drug-likeness (QED) is 0.239. The number of rotatable bonds is 9. The first-order valence-electron chi connectivity index (χ1n) is 11.8. The van der Waals surface area contributed by atoms with Gasteiger partial charge in [0.15, 0.2) is 18.1 Å². The van der Waals surface area contributed by atoms with E-state index < -0.39 is 11.1 Å². The molecule has 0 atom stereocenters. The number of benzene rings is 3. The molecule has 3 aromatic carbocycles. The Bertz CT molecular complexity index is 1480. The Hall–Kier alpha value is -2.98. The van der Waals surface area contributed by atoms with Crippen LogP contribution in [0.5, 0.6) is 11.5 Å². The van der Waals surface area contributed by atoms with Crippen LogP contribution < -0.4 is 14.8 Å². The zero-order valence-electron chi connectivity index (χ0n) is 20.9. The topological polar surface area (TPSA) is 84.9 Å². The summed E-state index contributed by atoms with van der Waals surface area (Å²) in [5, 5.41) is 3.24. The number of imide groups is 1. The van der Waals surface area contributed by atoms with E-state index in [1.807, 2.05) is 32.0 Å². The zero-order chi connectivity index (χ0) is 28.1. The average Bonchev–Trinajstić information content (AvgIpc) is 3.12.